The number of hydrogen-bond donors (Lipinski definition) is 3. The Hall–Kier alpha value is -1.95. The first kappa shape index (κ1) is 28.1. The lowest BCUT2D eigenvalue weighted by Gasteiger charge is -2.44. The molecule has 4 rings (SSSR count). The SMILES string of the molecule is C=C1C(=CC=C2CCC[C@]3(C)[C@@H]([C@H](C)C=C[C@@H](O)C4(C=CC(=O)OCC)CC4)CC[C@@H]23)C[C@@H](O)C[C@@H]1O. The standard InChI is InChI=1S/C32H46O5/c1-5-37-30(36)14-16-32(17-18-32)29(35)13-8-21(2)26-11-12-27-23(7-6-15-31(26,27)4)9-10-24-19-25(33)20-28(34)22(24)3/h8-10,13-14,16,21,25-29,33-35H,3,5-7,11-12,15,17-20H2,1-2,4H3/t21-,25-,26-,27+,28+,29-,31-/m1/s1. The van der Waals surface area contributed by atoms with Crippen molar-refractivity contribution in [2.75, 3.05) is 6.61 Å². The Bertz CT molecular complexity index is 983. The fraction of sp³-hybridized carbons (Fsp3) is 0.656. The van der Waals surface area contributed by atoms with Crippen molar-refractivity contribution in [2.45, 2.75) is 96.9 Å². The number of fused-ring (bicyclic) bond motifs is 1. The molecule has 4 aliphatic carbocycles. The van der Waals surface area contributed by atoms with E-state index in [1.165, 1.54) is 37.3 Å². The van der Waals surface area contributed by atoms with Gasteiger partial charge in [-0.2, -0.15) is 0 Å². The van der Waals surface area contributed by atoms with Crippen molar-refractivity contribution in [3.63, 3.8) is 0 Å². The number of aliphatic hydroxyl groups excluding tert-OH is 3. The quantitative estimate of drug-likeness (QED) is 0.225. The highest BCUT2D eigenvalue weighted by Gasteiger charge is 2.50. The van der Waals surface area contributed by atoms with Crippen LogP contribution < -0.4 is 0 Å². The van der Waals surface area contributed by atoms with E-state index in [-0.39, 0.29) is 16.8 Å². The molecular formula is C32H46O5. The zero-order chi connectivity index (χ0) is 26.8. The zero-order valence-electron chi connectivity index (χ0n) is 22.9. The van der Waals surface area contributed by atoms with Gasteiger partial charge in [0.15, 0.2) is 0 Å². The van der Waals surface area contributed by atoms with Crippen LogP contribution in [0.3, 0.4) is 0 Å². The molecule has 0 heterocycles. The van der Waals surface area contributed by atoms with E-state index in [2.05, 4.69) is 38.7 Å². The number of carbonyl (C=O) groups is 1. The Morgan fingerprint density at radius 1 is 1.19 bits per heavy atom. The molecule has 0 aromatic rings. The van der Waals surface area contributed by atoms with E-state index in [0.717, 1.165) is 30.4 Å². The lowest BCUT2D eigenvalue weighted by atomic mass is 9.61. The van der Waals surface area contributed by atoms with Gasteiger partial charge in [-0.1, -0.05) is 56.4 Å². The predicted molar refractivity (Wildman–Crippen MR) is 146 cm³/mol. The molecule has 0 radical (unpaired) electrons. The van der Waals surface area contributed by atoms with E-state index in [4.69, 9.17) is 4.74 Å². The van der Waals surface area contributed by atoms with Crippen LogP contribution in [0.5, 0.6) is 0 Å². The third-order valence-corrected chi connectivity index (χ3v) is 9.79. The van der Waals surface area contributed by atoms with Crippen LogP contribution in [0.1, 0.15) is 78.6 Å². The topological polar surface area (TPSA) is 87.0 Å². The summed E-state index contributed by atoms with van der Waals surface area (Å²) in [5.74, 6) is 1.10. The largest absolute Gasteiger partial charge is 0.463 e. The van der Waals surface area contributed by atoms with Crippen molar-refractivity contribution in [2.24, 2.45) is 28.6 Å². The number of hydrogen-bond acceptors (Lipinski definition) is 5. The summed E-state index contributed by atoms with van der Waals surface area (Å²) in [6.07, 6.45) is 18.6. The molecule has 0 spiro atoms. The van der Waals surface area contributed by atoms with Gasteiger partial charge in [-0.25, -0.2) is 4.79 Å². The Kier molecular flexibility index (Phi) is 8.67. The first-order valence-corrected chi connectivity index (χ1v) is 14.3. The summed E-state index contributed by atoms with van der Waals surface area (Å²) in [4.78, 5) is 11.7. The second-order valence-electron chi connectivity index (χ2n) is 12.2. The van der Waals surface area contributed by atoms with E-state index >= 15 is 0 Å². The van der Waals surface area contributed by atoms with Crippen LogP contribution in [0.4, 0.5) is 0 Å². The van der Waals surface area contributed by atoms with E-state index < -0.39 is 18.3 Å². The molecule has 0 saturated heterocycles. The van der Waals surface area contributed by atoms with Gasteiger partial charge in [0.2, 0.25) is 0 Å². The maximum Gasteiger partial charge on any atom is 0.330 e. The first-order valence-electron chi connectivity index (χ1n) is 14.3. The molecule has 0 amide bonds. The van der Waals surface area contributed by atoms with Crippen LogP contribution >= 0.6 is 0 Å². The normalized spacial score (nSPS) is 37.3. The van der Waals surface area contributed by atoms with Gasteiger partial charge in [0, 0.05) is 17.9 Å². The summed E-state index contributed by atoms with van der Waals surface area (Å²) < 4.78 is 4.99. The molecule has 7 atom stereocenters. The first-order chi connectivity index (χ1) is 17.6. The summed E-state index contributed by atoms with van der Waals surface area (Å²) in [6, 6.07) is 0. The smallest absolute Gasteiger partial charge is 0.330 e. The third-order valence-electron chi connectivity index (χ3n) is 9.79. The summed E-state index contributed by atoms with van der Waals surface area (Å²) >= 11 is 0. The number of allylic oxidation sites excluding steroid dienone is 4. The van der Waals surface area contributed by atoms with Crippen molar-refractivity contribution < 1.29 is 24.9 Å². The van der Waals surface area contributed by atoms with Crippen LogP contribution in [0.15, 0.2) is 59.8 Å². The lowest BCUT2D eigenvalue weighted by molar-refractivity contribution is -0.137. The number of rotatable bonds is 8. The second kappa shape index (κ2) is 11.4. The monoisotopic (exact) mass is 510 g/mol. The molecule has 5 nitrogen and oxygen atoms in total. The third kappa shape index (κ3) is 6.05. The Labute approximate surface area is 222 Å². The molecule has 0 aromatic heterocycles. The van der Waals surface area contributed by atoms with Gasteiger partial charge >= 0.3 is 5.97 Å². The average Bonchev–Trinajstić information content (AvgIpc) is 3.57. The number of esters is 1. The van der Waals surface area contributed by atoms with Gasteiger partial charge in [-0.15, -0.1) is 0 Å². The molecule has 0 bridgehead atoms. The summed E-state index contributed by atoms with van der Waals surface area (Å²) in [7, 11) is 0. The lowest BCUT2D eigenvalue weighted by Crippen LogP contribution is -2.35. The van der Waals surface area contributed by atoms with Crippen molar-refractivity contribution in [1.29, 1.82) is 0 Å². The van der Waals surface area contributed by atoms with E-state index in [1.54, 1.807) is 6.92 Å². The Morgan fingerprint density at radius 3 is 2.65 bits per heavy atom. The van der Waals surface area contributed by atoms with Gasteiger partial charge in [-0.05, 0) is 92.6 Å². The Morgan fingerprint density at radius 2 is 1.95 bits per heavy atom. The van der Waals surface area contributed by atoms with Crippen molar-refractivity contribution in [3.8, 4) is 0 Å². The molecule has 4 fully saturated rings. The molecule has 4 saturated carbocycles. The van der Waals surface area contributed by atoms with Crippen molar-refractivity contribution >= 4 is 5.97 Å². The minimum atomic E-state index is -0.653. The maximum atomic E-state index is 11.7. The van der Waals surface area contributed by atoms with Crippen molar-refractivity contribution in [3.05, 3.63) is 59.8 Å². The molecule has 0 unspecified atom stereocenters. The highest BCUT2D eigenvalue weighted by atomic mass is 16.5. The van der Waals surface area contributed by atoms with Crippen LogP contribution in [-0.2, 0) is 9.53 Å². The molecular weight excluding hydrogens is 464 g/mol. The highest BCUT2D eigenvalue weighted by molar-refractivity contribution is 5.82. The van der Waals surface area contributed by atoms with Gasteiger partial charge in [-0.3, -0.25) is 0 Å². The fourth-order valence-electron chi connectivity index (χ4n) is 7.34. The van der Waals surface area contributed by atoms with E-state index in [1.807, 2.05) is 12.2 Å². The summed E-state index contributed by atoms with van der Waals surface area (Å²) in [5.41, 5.74) is 3.10. The van der Waals surface area contributed by atoms with E-state index in [9.17, 15) is 20.1 Å². The number of carbonyl (C=O) groups excluding carboxylic acids is 1. The van der Waals surface area contributed by atoms with Gasteiger partial charge in [0.25, 0.3) is 0 Å². The van der Waals surface area contributed by atoms with Gasteiger partial charge in [0.05, 0.1) is 24.9 Å². The molecule has 0 aromatic carbocycles. The molecule has 0 aliphatic heterocycles. The molecule has 3 N–H and O–H groups in total. The maximum absolute atomic E-state index is 11.7. The van der Waals surface area contributed by atoms with Gasteiger partial charge < -0.3 is 20.1 Å². The number of aliphatic hydroxyl groups is 3. The molecule has 4 aliphatic rings. The molecule has 5 heteroatoms. The minimum absolute atomic E-state index is 0.223. The van der Waals surface area contributed by atoms with Crippen LogP contribution in [0.25, 0.3) is 0 Å². The Balaban J connectivity index is 1.43. The fourth-order valence-corrected chi connectivity index (χ4v) is 7.34. The van der Waals surface area contributed by atoms with E-state index in [0.29, 0.717) is 37.2 Å². The summed E-state index contributed by atoms with van der Waals surface area (Å²) in [5, 5.41) is 31.2. The van der Waals surface area contributed by atoms with Crippen LogP contribution in [0, 0.1) is 28.6 Å². The number of ether oxygens (including phenoxy) is 1. The molecule has 204 valence electrons. The van der Waals surface area contributed by atoms with Crippen molar-refractivity contribution in [1.82, 2.24) is 0 Å². The summed E-state index contributed by atoms with van der Waals surface area (Å²) in [6.45, 7) is 10.9. The highest BCUT2D eigenvalue weighted by Crippen LogP contribution is 2.59. The second-order valence-corrected chi connectivity index (χ2v) is 12.2. The average molecular weight is 511 g/mol. The van der Waals surface area contributed by atoms with Gasteiger partial charge in [0.1, 0.15) is 0 Å². The van der Waals surface area contributed by atoms with Crippen LogP contribution in [0.2, 0.25) is 0 Å². The van der Waals surface area contributed by atoms with Crippen LogP contribution in [-0.4, -0.2) is 46.2 Å². The minimum Gasteiger partial charge on any atom is -0.463 e. The molecule has 37 heavy (non-hydrogen) atoms. The predicted octanol–water partition coefficient (Wildman–Crippen LogP) is 5.58. The zero-order valence-corrected chi connectivity index (χ0v) is 22.9.